The number of hydrogen-bond acceptors (Lipinski definition) is 10. The van der Waals surface area contributed by atoms with E-state index in [0.29, 0.717) is 36.0 Å². The number of anilines is 1. The summed E-state index contributed by atoms with van der Waals surface area (Å²) in [5.41, 5.74) is 7.63. The standard InChI is InChI=1S/C41H49N5O6/c1-26-28(15-36(47)34-16-37(49-5)29(18-42-34)20-45-22-40(3,23-45)51-7)11-9-12-31(26)32-13-10-14-33(27(32)2)44-39(48)35-17-38(50-6)30(19-43-35)21-46-24-41(4,25-46)52-8/h9-14,16-19H,15,20-25H2,1-8H3,(H,44,48). The van der Waals surface area contributed by atoms with Gasteiger partial charge in [0.25, 0.3) is 5.91 Å². The number of carbonyl (C=O) groups excluding carboxylic acids is 2. The molecule has 4 heterocycles. The summed E-state index contributed by atoms with van der Waals surface area (Å²) in [4.78, 5) is 40.5. The van der Waals surface area contributed by atoms with Crippen molar-refractivity contribution in [3.05, 3.63) is 100 Å². The second-order valence-corrected chi connectivity index (χ2v) is 14.5. The highest BCUT2D eigenvalue weighted by Gasteiger charge is 2.39. The summed E-state index contributed by atoms with van der Waals surface area (Å²) >= 11 is 0. The number of Topliss-reactive ketones (excluding diaryl/α,β-unsaturated/α-hetero) is 1. The number of nitrogens with one attached hydrogen (secondary N) is 1. The Morgan fingerprint density at radius 2 is 1.21 bits per heavy atom. The SMILES string of the molecule is COc1cc(C(=O)Cc2cccc(-c3cccc(NC(=O)c4cc(OC)c(CN5CC(C)(OC)C5)cn4)c3C)c2C)ncc1CN1CC(C)(OC)C1. The van der Waals surface area contributed by atoms with Crippen molar-refractivity contribution < 1.29 is 28.5 Å². The van der Waals surface area contributed by atoms with E-state index in [1.807, 2.05) is 50.2 Å². The molecule has 2 aromatic heterocycles. The van der Waals surface area contributed by atoms with Crippen LogP contribution in [0.25, 0.3) is 11.1 Å². The number of ketones is 1. The van der Waals surface area contributed by atoms with Crippen molar-refractivity contribution in [1.82, 2.24) is 19.8 Å². The lowest BCUT2D eigenvalue weighted by molar-refractivity contribution is -0.114. The van der Waals surface area contributed by atoms with Crippen LogP contribution >= 0.6 is 0 Å². The molecule has 4 aromatic rings. The second kappa shape index (κ2) is 15.1. The average Bonchev–Trinajstić information content (AvgIpc) is 3.12. The Balaban J connectivity index is 1.14. The van der Waals surface area contributed by atoms with Crippen LogP contribution in [-0.2, 0) is 29.0 Å². The first kappa shape index (κ1) is 37.1. The van der Waals surface area contributed by atoms with Gasteiger partial charge in [0.15, 0.2) is 5.78 Å². The fourth-order valence-corrected chi connectivity index (χ4v) is 7.27. The number of rotatable bonds is 14. The fraction of sp³-hybridized carbons (Fsp3) is 0.415. The van der Waals surface area contributed by atoms with E-state index >= 15 is 0 Å². The van der Waals surface area contributed by atoms with Crippen LogP contribution in [-0.4, -0.2) is 97.3 Å². The first-order valence-corrected chi connectivity index (χ1v) is 17.5. The monoisotopic (exact) mass is 707 g/mol. The van der Waals surface area contributed by atoms with Crippen LogP contribution in [0.1, 0.15) is 62.6 Å². The maximum absolute atomic E-state index is 13.5. The molecule has 1 N–H and O–H groups in total. The predicted molar refractivity (Wildman–Crippen MR) is 200 cm³/mol. The number of methoxy groups -OCH3 is 4. The number of likely N-dealkylation sites (tertiary alicyclic amines) is 2. The molecule has 11 heteroatoms. The fourth-order valence-electron chi connectivity index (χ4n) is 7.27. The molecule has 2 aliphatic heterocycles. The molecule has 2 saturated heterocycles. The molecule has 0 radical (unpaired) electrons. The van der Waals surface area contributed by atoms with Gasteiger partial charge in [-0.2, -0.15) is 0 Å². The molecule has 1 amide bonds. The van der Waals surface area contributed by atoms with Gasteiger partial charge in [-0.05, 0) is 61.6 Å². The van der Waals surface area contributed by atoms with Gasteiger partial charge < -0.3 is 24.3 Å². The molecule has 11 nitrogen and oxygen atoms in total. The van der Waals surface area contributed by atoms with Crippen molar-refractivity contribution in [1.29, 1.82) is 0 Å². The highest BCUT2D eigenvalue weighted by molar-refractivity contribution is 6.04. The molecule has 0 saturated carbocycles. The molecular weight excluding hydrogens is 658 g/mol. The predicted octanol–water partition coefficient (Wildman–Crippen LogP) is 5.90. The maximum Gasteiger partial charge on any atom is 0.274 e. The van der Waals surface area contributed by atoms with Crippen molar-refractivity contribution >= 4 is 17.4 Å². The summed E-state index contributed by atoms with van der Waals surface area (Å²) in [6, 6.07) is 15.2. The molecule has 0 aliphatic carbocycles. The van der Waals surface area contributed by atoms with E-state index in [-0.39, 0.29) is 35.0 Å². The van der Waals surface area contributed by atoms with Crippen molar-refractivity contribution in [2.75, 3.05) is 59.9 Å². The first-order valence-electron chi connectivity index (χ1n) is 17.5. The van der Waals surface area contributed by atoms with Gasteiger partial charge in [-0.25, -0.2) is 0 Å². The van der Waals surface area contributed by atoms with Crippen molar-refractivity contribution in [3.8, 4) is 22.6 Å². The summed E-state index contributed by atoms with van der Waals surface area (Å²) in [5, 5.41) is 3.05. The number of nitrogens with zero attached hydrogens (tertiary/aromatic N) is 4. The van der Waals surface area contributed by atoms with Gasteiger partial charge in [-0.3, -0.25) is 29.4 Å². The van der Waals surface area contributed by atoms with Crippen LogP contribution < -0.4 is 14.8 Å². The molecule has 0 unspecified atom stereocenters. The zero-order chi connectivity index (χ0) is 37.2. The maximum atomic E-state index is 13.5. The van der Waals surface area contributed by atoms with Crippen LogP contribution in [0.15, 0.2) is 60.9 Å². The number of pyridine rings is 2. The smallest absolute Gasteiger partial charge is 0.274 e. The lowest BCUT2D eigenvalue weighted by atomic mass is 9.91. The van der Waals surface area contributed by atoms with E-state index in [2.05, 4.69) is 38.9 Å². The number of carbonyl (C=O) groups is 2. The van der Waals surface area contributed by atoms with Gasteiger partial charge in [-0.15, -0.1) is 0 Å². The molecule has 274 valence electrons. The van der Waals surface area contributed by atoms with E-state index in [1.54, 1.807) is 53.0 Å². The highest BCUT2D eigenvalue weighted by atomic mass is 16.5. The lowest BCUT2D eigenvalue weighted by Gasteiger charge is -2.47. The lowest BCUT2D eigenvalue weighted by Crippen LogP contribution is -2.60. The summed E-state index contributed by atoms with van der Waals surface area (Å²) in [6.07, 6.45) is 3.64. The molecule has 6 rings (SSSR count). The molecular formula is C41H49N5O6. The average molecular weight is 708 g/mol. The largest absolute Gasteiger partial charge is 0.496 e. The summed E-state index contributed by atoms with van der Waals surface area (Å²) in [6.45, 7) is 12.8. The number of ether oxygens (including phenoxy) is 4. The van der Waals surface area contributed by atoms with Crippen LogP contribution in [0, 0.1) is 13.8 Å². The minimum absolute atomic E-state index is 0.0917. The molecule has 2 fully saturated rings. The van der Waals surface area contributed by atoms with E-state index in [9.17, 15) is 9.59 Å². The minimum atomic E-state index is -0.329. The Kier molecular flexibility index (Phi) is 10.8. The zero-order valence-electron chi connectivity index (χ0n) is 31.5. The number of amides is 1. The molecule has 2 aromatic carbocycles. The van der Waals surface area contributed by atoms with Crippen LogP contribution in [0.4, 0.5) is 5.69 Å². The van der Waals surface area contributed by atoms with E-state index in [4.69, 9.17) is 18.9 Å². The molecule has 2 aliphatic rings. The number of aromatic nitrogens is 2. The van der Waals surface area contributed by atoms with Gasteiger partial charge >= 0.3 is 0 Å². The van der Waals surface area contributed by atoms with Crippen LogP contribution in [0.3, 0.4) is 0 Å². The van der Waals surface area contributed by atoms with E-state index < -0.39 is 0 Å². The van der Waals surface area contributed by atoms with Crippen molar-refractivity contribution in [3.63, 3.8) is 0 Å². The second-order valence-electron chi connectivity index (χ2n) is 14.5. The first-order chi connectivity index (χ1) is 24.9. The number of hydrogen-bond donors (Lipinski definition) is 1. The Hall–Kier alpha value is -4.68. The minimum Gasteiger partial charge on any atom is -0.496 e. The third-order valence-corrected chi connectivity index (χ3v) is 10.5. The van der Waals surface area contributed by atoms with Gasteiger partial charge in [0, 0.05) is 101 Å². The van der Waals surface area contributed by atoms with Crippen LogP contribution in [0.5, 0.6) is 11.5 Å². The topological polar surface area (TPSA) is 115 Å². The molecule has 0 spiro atoms. The van der Waals surface area contributed by atoms with Gasteiger partial charge in [0.05, 0.1) is 25.4 Å². The van der Waals surface area contributed by atoms with E-state index in [1.165, 1.54) is 0 Å². The van der Waals surface area contributed by atoms with Crippen LogP contribution in [0.2, 0.25) is 0 Å². The Morgan fingerprint density at radius 1 is 0.712 bits per heavy atom. The third kappa shape index (κ3) is 7.73. The van der Waals surface area contributed by atoms with Gasteiger partial charge in [-0.1, -0.05) is 30.3 Å². The zero-order valence-corrected chi connectivity index (χ0v) is 31.5. The van der Waals surface area contributed by atoms with E-state index in [0.717, 1.165) is 65.1 Å². The molecule has 0 atom stereocenters. The Bertz CT molecular complexity index is 1830. The van der Waals surface area contributed by atoms with Gasteiger partial charge in [0.2, 0.25) is 0 Å². The normalized spacial score (nSPS) is 16.5. The Labute approximate surface area is 306 Å². The Morgan fingerprint density at radius 3 is 1.75 bits per heavy atom. The molecule has 0 bridgehead atoms. The third-order valence-electron chi connectivity index (χ3n) is 10.5. The molecule has 52 heavy (non-hydrogen) atoms. The van der Waals surface area contributed by atoms with Gasteiger partial charge in [0.1, 0.15) is 22.9 Å². The summed E-state index contributed by atoms with van der Waals surface area (Å²) in [7, 11) is 6.69. The summed E-state index contributed by atoms with van der Waals surface area (Å²) < 4.78 is 22.4. The highest BCUT2D eigenvalue weighted by Crippen LogP contribution is 2.34. The quantitative estimate of drug-likeness (QED) is 0.159. The summed E-state index contributed by atoms with van der Waals surface area (Å²) in [5.74, 6) is 0.844. The van der Waals surface area contributed by atoms with Crippen molar-refractivity contribution in [2.45, 2.75) is 58.4 Å². The number of benzene rings is 2. The van der Waals surface area contributed by atoms with Crippen molar-refractivity contribution in [2.24, 2.45) is 0 Å².